The molecule has 2 aromatic heterocycles. The predicted octanol–water partition coefficient (Wildman–Crippen LogP) is 3.29. The molecule has 1 aromatic carbocycles. The van der Waals surface area contributed by atoms with Gasteiger partial charge in [-0.15, -0.1) is 21.5 Å². The number of thioether (sulfide) groups is 1. The molecule has 25 heavy (non-hydrogen) atoms. The van der Waals surface area contributed by atoms with Gasteiger partial charge in [0.05, 0.1) is 5.75 Å². The van der Waals surface area contributed by atoms with Crippen molar-refractivity contribution in [3.05, 3.63) is 47.0 Å². The Bertz CT molecular complexity index is 879. The number of thiazole rings is 1. The van der Waals surface area contributed by atoms with Crippen molar-refractivity contribution in [2.75, 3.05) is 16.4 Å². The van der Waals surface area contributed by atoms with Crippen LogP contribution in [0.4, 0.5) is 10.3 Å². The van der Waals surface area contributed by atoms with Crippen LogP contribution in [0.15, 0.2) is 40.2 Å². The average molecular weight is 392 g/mol. The third-order valence-electron chi connectivity index (χ3n) is 3.02. The Morgan fingerprint density at radius 3 is 2.76 bits per heavy atom. The summed E-state index contributed by atoms with van der Waals surface area (Å²) in [7, 11) is 0. The normalized spacial score (nSPS) is 10.4. The van der Waals surface area contributed by atoms with Crippen LogP contribution in [0.2, 0.25) is 0 Å². The number of benzene rings is 1. The van der Waals surface area contributed by atoms with Crippen LogP contribution in [0.3, 0.4) is 0 Å². The second-order valence-electron chi connectivity index (χ2n) is 4.82. The molecule has 0 unspecified atom stereocenters. The molecule has 2 heterocycles. The van der Waals surface area contributed by atoms with Crippen molar-refractivity contribution in [3.8, 4) is 0 Å². The number of carbonyl (C=O) groups is 2. The zero-order valence-corrected chi connectivity index (χ0v) is 15.5. The highest BCUT2D eigenvalue weighted by atomic mass is 32.2. The van der Waals surface area contributed by atoms with E-state index in [-0.39, 0.29) is 17.6 Å². The smallest absolute Gasteiger partial charge is 0.257 e. The summed E-state index contributed by atoms with van der Waals surface area (Å²) in [4.78, 5) is 28.0. The number of nitrogens with one attached hydrogen (secondary N) is 2. The van der Waals surface area contributed by atoms with Crippen LogP contribution in [-0.4, -0.2) is 32.7 Å². The van der Waals surface area contributed by atoms with Crippen molar-refractivity contribution < 1.29 is 9.59 Å². The molecular formula is C15H13N5O2S3. The summed E-state index contributed by atoms with van der Waals surface area (Å²) in [6.45, 7) is 1.87. The Balaban J connectivity index is 1.53. The maximum Gasteiger partial charge on any atom is 0.257 e. The highest BCUT2D eigenvalue weighted by Gasteiger charge is 2.13. The van der Waals surface area contributed by atoms with Gasteiger partial charge in [0.25, 0.3) is 5.91 Å². The number of amides is 2. The molecule has 0 aliphatic rings. The maximum atomic E-state index is 12.2. The molecule has 10 heteroatoms. The van der Waals surface area contributed by atoms with Crippen molar-refractivity contribution in [1.82, 2.24) is 15.2 Å². The Labute approximate surface area is 155 Å². The van der Waals surface area contributed by atoms with Crippen LogP contribution in [0.25, 0.3) is 0 Å². The van der Waals surface area contributed by atoms with Gasteiger partial charge in [-0.3, -0.25) is 14.9 Å². The van der Waals surface area contributed by atoms with Gasteiger partial charge in [0, 0.05) is 17.1 Å². The number of carbonyl (C=O) groups excluding carboxylic acids is 2. The molecule has 0 spiro atoms. The molecule has 0 radical (unpaired) electrons. The predicted molar refractivity (Wildman–Crippen MR) is 101 cm³/mol. The lowest BCUT2D eigenvalue weighted by Crippen LogP contribution is -2.13. The summed E-state index contributed by atoms with van der Waals surface area (Å²) in [6.07, 6.45) is 1.63. The van der Waals surface area contributed by atoms with E-state index in [1.807, 2.05) is 25.1 Å². The second-order valence-corrected chi connectivity index (χ2v) is 7.91. The molecule has 0 fully saturated rings. The number of hydrogen-bond donors (Lipinski definition) is 2. The third kappa shape index (κ3) is 4.84. The van der Waals surface area contributed by atoms with Crippen molar-refractivity contribution >= 4 is 56.5 Å². The van der Waals surface area contributed by atoms with E-state index in [0.29, 0.717) is 20.2 Å². The van der Waals surface area contributed by atoms with Crippen LogP contribution in [0, 0.1) is 6.92 Å². The minimum atomic E-state index is -0.229. The summed E-state index contributed by atoms with van der Waals surface area (Å²) in [5.74, 6) is -0.201. The summed E-state index contributed by atoms with van der Waals surface area (Å²) in [6, 6.07) is 7.31. The molecule has 0 saturated carbocycles. The fraction of sp³-hybridized carbons (Fsp3) is 0.133. The van der Waals surface area contributed by atoms with E-state index in [1.165, 1.54) is 34.4 Å². The largest absolute Gasteiger partial charge is 0.301 e. The van der Waals surface area contributed by atoms with Gasteiger partial charge in [-0.2, -0.15) is 0 Å². The van der Waals surface area contributed by atoms with Gasteiger partial charge in [-0.1, -0.05) is 41.3 Å². The summed E-state index contributed by atoms with van der Waals surface area (Å²) < 4.78 is 0.606. The lowest BCUT2D eigenvalue weighted by molar-refractivity contribution is -0.113. The molecule has 0 saturated heterocycles. The molecule has 7 nitrogen and oxygen atoms in total. The van der Waals surface area contributed by atoms with Gasteiger partial charge in [-0.05, 0) is 18.6 Å². The molecule has 0 bridgehead atoms. The topological polar surface area (TPSA) is 96.9 Å². The van der Waals surface area contributed by atoms with Crippen molar-refractivity contribution in [2.45, 2.75) is 11.3 Å². The number of nitrogens with zero attached hydrogens (tertiary/aromatic N) is 3. The lowest BCUT2D eigenvalue weighted by Gasteiger charge is -2.03. The quantitative estimate of drug-likeness (QED) is 0.494. The summed E-state index contributed by atoms with van der Waals surface area (Å²) >= 11 is 3.84. The van der Waals surface area contributed by atoms with Crippen LogP contribution < -0.4 is 10.6 Å². The minimum Gasteiger partial charge on any atom is -0.301 e. The fourth-order valence-electron chi connectivity index (χ4n) is 1.88. The molecule has 0 atom stereocenters. The lowest BCUT2D eigenvalue weighted by atomic mass is 10.1. The van der Waals surface area contributed by atoms with Crippen LogP contribution in [0.5, 0.6) is 0 Å². The summed E-state index contributed by atoms with van der Waals surface area (Å²) in [5.41, 5.74) is 1.48. The summed E-state index contributed by atoms with van der Waals surface area (Å²) in [5, 5.41) is 16.1. The average Bonchev–Trinajstić information content (AvgIpc) is 3.25. The van der Waals surface area contributed by atoms with Crippen LogP contribution in [-0.2, 0) is 4.79 Å². The zero-order chi connectivity index (χ0) is 17.6. The fourth-order valence-corrected chi connectivity index (χ4v) is 3.97. The SMILES string of the molecule is Cc1ccccc1C(=O)Nc1nnc(SCC(=O)Nc2nccs2)s1. The first-order valence-electron chi connectivity index (χ1n) is 7.14. The molecule has 128 valence electrons. The molecule has 0 aliphatic carbocycles. The van der Waals surface area contributed by atoms with Gasteiger partial charge in [-0.25, -0.2) is 4.98 Å². The Morgan fingerprint density at radius 2 is 2.00 bits per heavy atom. The molecule has 0 aliphatic heterocycles. The van der Waals surface area contributed by atoms with E-state index in [0.717, 1.165) is 5.56 Å². The monoisotopic (exact) mass is 391 g/mol. The van der Waals surface area contributed by atoms with E-state index >= 15 is 0 Å². The molecule has 2 N–H and O–H groups in total. The van der Waals surface area contributed by atoms with Gasteiger partial charge < -0.3 is 5.32 Å². The zero-order valence-electron chi connectivity index (χ0n) is 13.1. The van der Waals surface area contributed by atoms with E-state index in [9.17, 15) is 9.59 Å². The van der Waals surface area contributed by atoms with Crippen LogP contribution >= 0.6 is 34.4 Å². The van der Waals surface area contributed by atoms with Crippen molar-refractivity contribution in [1.29, 1.82) is 0 Å². The van der Waals surface area contributed by atoms with Gasteiger partial charge >= 0.3 is 0 Å². The standard InChI is InChI=1S/C15H13N5O2S3/c1-9-4-2-3-5-10(9)12(22)18-14-19-20-15(25-14)24-8-11(21)17-13-16-6-7-23-13/h2-7H,8H2,1H3,(H,16,17,21)(H,18,19,22). The van der Waals surface area contributed by atoms with Gasteiger partial charge in [0.1, 0.15) is 0 Å². The van der Waals surface area contributed by atoms with E-state index in [4.69, 9.17) is 0 Å². The third-order valence-corrected chi connectivity index (χ3v) is 5.68. The van der Waals surface area contributed by atoms with E-state index in [2.05, 4.69) is 25.8 Å². The van der Waals surface area contributed by atoms with Gasteiger partial charge in [0.15, 0.2) is 9.47 Å². The first kappa shape index (κ1) is 17.5. The first-order chi connectivity index (χ1) is 12.1. The Morgan fingerprint density at radius 1 is 1.16 bits per heavy atom. The number of aryl methyl sites for hydroxylation is 1. The number of rotatable bonds is 6. The highest BCUT2D eigenvalue weighted by Crippen LogP contribution is 2.26. The molecule has 2 amide bonds. The number of hydrogen-bond acceptors (Lipinski definition) is 8. The number of anilines is 2. The highest BCUT2D eigenvalue weighted by molar-refractivity contribution is 8.01. The molecule has 3 aromatic rings. The molecule has 3 rings (SSSR count). The van der Waals surface area contributed by atoms with Crippen molar-refractivity contribution in [3.63, 3.8) is 0 Å². The van der Waals surface area contributed by atoms with Crippen molar-refractivity contribution in [2.24, 2.45) is 0 Å². The van der Waals surface area contributed by atoms with E-state index < -0.39 is 0 Å². The number of aromatic nitrogens is 3. The van der Waals surface area contributed by atoms with Gasteiger partial charge in [0.2, 0.25) is 11.0 Å². The Hall–Kier alpha value is -2.30. The maximum absolute atomic E-state index is 12.2. The van der Waals surface area contributed by atoms with Crippen LogP contribution in [0.1, 0.15) is 15.9 Å². The molecular weight excluding hydrogens is 378 g/mol. The second kappa shape index (κ2) is 8.19. The minimum absolute atomic E-state index is 0.166. The first-order valence-corrected chi connectivity index (χ1v) is 9.82. The van der Waals surface area contributed by atoms with E-state index in [1.54, 1.807) is 17.6 Å². The Kier molecular flexibility index (Phi) is 5.74.